The van der Waals surface area contributed by atoms with E-state index < -0.39 is 6.10 Å². The van der Waals surface area contributed by atoms with E-state index in [1.807, 2.05) is 0 Å². The van der Waals surface area contributed by atoms with Gasteiger partial charge in [-0.2, -0.15) is 0 Å². The van der Waals surface area contributed by atoms with Crippen molar-refractivity contribution in [2.75, 3.05) is 13.2 Å². The van der Waals surface area contributed by atoms with Crippen molar-refractivity contribution in [2.45, 2.75) is 303 Å². The third-order valence-electron chi connectivity index (χ3n) is 12.4. The number of hydrogen-bond donors (Lipinski definition) is 0. The van der Waals surface area contributed by atoms with Crippen molar-refractivity contribution >= 4 is 17.9 Å². The summed E-state index contributed by atoms with van der Waals surface area (Å²) in [5.41, 5.74) is 0. The van der Waals surface area contributed by atoms with Crippen LogP contribution in [0.15, 0.2) is 0 Å². The first-order chi connectivity index (χ1) is 28.9. The van der Waals surface area contributed by atoms with Crippen molar-refractivity contribution in [1.82, 2.24) is 0 Å². The van der Waals surface area contributed by atoms with Crippen molar-refractivity contribution in [2.24, 2.45) is 5.92 Å². The quantitative estimate of drug-likeness (QED) is 0.0345. The summed E-state index contributed by atoms with van der Waals surface area (Å²) < 4.78 is 16.8. The van der Waals surface area contributed by atoms with Gasteiger partial charge in [-0.05, 0) is 25.2 Å². The van der Waals surface area contributed by atoms with Gasteiger partial charge in [-0.25, -0.2) is 0 Å². The number of ether oxygens (including phenoxy) is 3. The Bertz CT molecular complexity index is 889. The molecule has 1 unspecified atom stereocenters. The first-order valence-electron chi connectivity index (χ1n) is 26.4. The van der Waals surface area contributed by atoms with Gasteiger partial charge in [0.05, 0.1) is 0 Å². The highest BCUT2D eigenvalue weighted by molar-refractivity contribution is 5.71. The topological polar surface area (TPSA) is 78.9 Å². The maximum Gasteiger partial charge on any atom is 0.306 e. The summed E-state index contributed by atoms with van der Waals surface area (Å²) in [6.07, 6.45) is 49.4. The fourth-order valence-corrected chi connectivity index (χ4v) is 8.01. The molecule has 6 heteroatoms. The Balaban J connectivity index is 4.28. The molecule has 0 aliphatic carbocycles. The van der Waals surface area contributed by atoms with Gasteiger partial charge in [0.15, 0.2) is 6.10 Å². The van der Waals surface area contributed by atoms with Crippen LogP contribution in [0.4, 0.5) is 0 Å². The predicted molar refractivity (Wildman–Crippen MR) is 252 cm³/mol. The maximum atomic E-state index is 12.8. The predicted octanol–water partition coefficient (Wildman–Crippen LogP) is 17.1. The molecule has 0 aliphatic heterocycles. The number of esters is 3. The Morgan fingerprint density at radius 3 is 0.881 bits per heavy atom. The zero-order valence-electron chi connectivity index (χ0n) is 40.2. The number of rotatable bonds is 48. The van der Waals surface area contributed by atoms with E-state index in [0.717, 1.165) is 63.7 Å². The van der Waals surface area contributed by atoms with Crippen LogP contribution in [0.25, 0.3) is 0 Å². The average molecular weight is 835 g/mol. The summed E-state index contributed by atoms with van der Waals surface area (Å²) in [5, 5.41) is 0. The van der Waals surface area contributed by atoms with E-state index in [4.69, 9.17) is 14.2 Å². The summed E-state index contributed by atoms with van der Waals surface area (Å²) in [5.74, 6) is 0.00314. The molecular weight excluding hydrogens is 733 g/mol. The molecule has 0 spiro atoms. The summed E-state index contributed by atoms with van der Waals surface area (Å²) in [6.45, 7) is 9.03. The van der Waals surface area contributed by atoms with Crippen LogP contribution in [0.2, 0.25) is 0 Å². The minimum absolute atomic E-state index is 0.0629. The molecule has 59 heavy (non-hydrogen) atoms. The van der Waals surface area contributed by atoms with Gasteiger partial charge < -0.3 is 14.2 Å². The highest BCUT2D eigenvalue weighted by Crippen LogP contribution is 2.18. The summed E-state index contributed by atoms with van der Waals surface area (Å²) in [6, 6.07) is 0. The fourth-order valence-electron chi connectivity index (χ4n) is 8.01. The standard InChI is InChI=1S/C53H102O6/c1-5-8-10-12-14-16-18-20-21-22-23-24-26-27-32-36-40-44-51(54)57-47-50(59-53(56)46-42-38-34-28-25-19-17-15-13-11-9-6-2)48-58-52(55)45-41-37-33-30-29-31-35-39-43-49(4)7-3/h49-50H,5-48H2,1-4H3/t49?,50-/m0/s1. The molecule has 2 atom stereocenters. The van der Waals surface area contributed by atoms with Crippen LogP contribution in [-0.4, -0.2) is 37.2 Å². The summed E-state index contributed by atoms with van der Waals surface area (Å²) in [4.78, 5) is 37.9. The lowest BCUT2D eigenvalue weighted by atomic mass is 9.99. The lowest BCUT2D eigenvalue weighted by molar-refractivity contribution is -0.167. The number of carbonyl (C=O) groups excluding carboxylic acids is 3. The van der Waals surface area contributed by atoms with Crippen LogP contribution in [-0.2, 0) is 28.6 Å². The van der Waals surface area contributed by atoms with Crippen molar-refractivity contribution in [3.63, 3.8) is 0 Å². The Kier molecular flexibility index (Phi) is 46.2. The third kappa shape index (κ3) is 45.8. The number of carbonyl (C=O) groups is 3. The largest absolute Gasteiger partial charge is 0.462 e. The van der Waals surface area contributed by atoms with Gasteiger partial charge in [-0.1, -0.05) is 259 Å². The summed E-state index contributed by atoms with van der Waals surface area (Å²) >= 11 is 0. The van der Waals surface area contributed by atoms with E-state index >= 15 is 0 Å². The van der Waals surface area contributed by atoms with Crippen LogP contribution in [0, 0.1) is 5.92 Å². The minimum Gasteiger partial charge on any atom is -0.462 e. The molecule has 0 aromatic heterocycles. The van der Waals surface area contributed by atoms with E-state index in [1.54, 1.807) is 0 Å². The first kappa shape index (κ1) is 57.4. The molecule has 0 saturated heterocycles. The molecule has 0 rings (SSSR count). The van der Waals surface area contributed by atoms with Gasteiger partial charge in [-0.15, -0.1) is 0 Å². The zero-order valence-corrected chi connectivity index (χ0v) is 40.2. The molecule has 0 heterocycles. The second kappa shape index (κ2) is 47.5. The van der Waals surface area contributed by atoms with Crippen LogP contribution in [0.1, 0.15) is 297 Å². The molecule has 0 N–H and O–H groups in total. The fraction of sp³-hybridized carbons (Fsp3) is 0.943. The second-order valence-electron chi connectivity index (χ2n) is 18.4. The smallest absolute Gasteiger partial charge is 0.306 e. The molecule has 0 saturated carbocycles. The van der Waals surface area contributed by atoms with Crippen molar-refractivity contribution < 1.29 is 28.6 Å². The van der Waals surface area contributed by atoms with Gasteiger partial charge in [0.2, 0.25) is 0 Å². The van der Waals surface area contributed by atoms with E-state index in [2.05, 4.69) is 27.7 Å². The lowest BCUT2D eigenvalue weighted by Gasteiger charge is -2.18. The van der Waals surface area contributed by atoms with Crippen molar-refractivity contribution in [3.05, 3.63) is 0 Å². The van der Waals surface area contributed by atoms with Gasteiger partial charge in [0.25, 0.3) is 0 Å². The van der Waals surface area contributed by atoms with Gasteiger partial charge in [-0.3, -0.25) is 14.4 Å². The maximum absolute atomic E-state index is 12.8. The van der Waals surface area contributed by atoms with Gasteiger partial charge >= 0.3 is 17.9 Å². The van der Waals surface area contributed by atoms with Crippen LogP contribution in [0.5, 0.6) is 0 Å². The lowest BCUT2D eigenvalue weighted by Crippen LogP contribution is -2.30. The highest BCUT2D eigenvalue weighted by Gasteiger charge is 2.19. The summed E-state index contributed by atoms with van der Waals surface area (Å²) in [7, 11) is 0. The molecule has 6 nitrogen and oxygen atoms in total. The zero-order chi connectivity index (χ0) is 43.1. The SMILES string of the molecule is CCCCCCCCCCCCCCCCCCCC(=O)OC[C@@H](COC(=O)CCCCCCCCCCC(C)CC)OC(=O)CCCCCCCCCCCCCC. The molecular formula is C53H102O6. The Morgan fingerprint density at radius 2 is 0.593 bits per heavy atom. The van der Waals surface area contributed by atoms with Crippen LogP contribution >= 0.6 is 0 Å². The third-order valence-corrected chi connectivity index (χ3v) is 12.4. The van der Waals surface area contributed by atoms with Gasteiger partial charge in [0, 0.05) is 19.3 Å². The van der Waals surface area contributed by atoms with E-state index in [0.29, 0.717) is 19.3 Å². The Hall–Kier alpha value is -1.59. The Labute approximate surface area is 368 Å². The van der Waals surface area contributed by atoms with Crippen LogP contribution in [0.3, 0.4) is 0 Å². The minimum atomic E-state index is -0.761. The second-order valence-corrected chi connectivity index (χ2v) is 18.4. The van der Waals surface area contributed by atoms with Crippen molar-refractivity contribution in [3.8, 4) is 0 Å². The van der Waals surface area contributed by atoms with E-state index in [1.165, 1.54) is 193 Å². The van der Waals surface area contributed by atoms with E-state index in [-0.39, 0.29) is 31.1 Å². The van der Waals surface area contributed by atoms with E-state index in [9.17, 15) is 14.4 Å². The molecule has 0 amide bonds. The molecule has 0 bridgehead atoms. The highest BCUT2D eigenvalue weighted by atomic mass is 16.6. The average Bonchev–Trinajstić information content (AvgIpc) is 3.23. The molecule has 0 fully saturated rings. The molecule has 0 radical (unpaired) electrons. The van der Waals surface area contributed by atoms with Crippen LogP contribution < -0.4 is 0 Å². The Morgan fingerprint density at radius 1 is 0.339 bits per heavy atom. The normalized spacial score (nSPS) is 12.4. The molecule has 0 aliphatic rings. The van der Waals surface area contributed by atoms with Crippen molar-refractivity contribution in [1.29, 1.82) is 0 Å². The molecule has 0 aromatic rings. The number of hydrogen-bond acceptors (Lipinski definition) is 6. The molecule has 350 valence electrons. The first-order valence-corrected chi connectivity index (χ1v) is 26.4. The monoisotopic (exact) mass is 835 g/mol. The number of unbranched alkanes of at least 4 members (excludes halogenated alkanes) is 34. The van der Waals surface area contributed by atoms with Gasteiger partial charge in [0.1, 0.15) is 13.2 Å². The molecule has 0 aromatic carbocycles.